The highest BCUT2D eigenvalue weighted by Gasteiger charge is 2.33. The van der Waals surface area contributed by atoms with Gasteiger partial charge in [-0.1, -0.05) is 23.5 Å². The van der Waals surface area contributed by atoms with E-state index in [-0.39, 0.29) is 21.2 Å². The Morgan fingerprint density at radius 1 is 1.21 bits per heavy atom. The Labute approximate surface area is 177 Å². The molecule has 0 aliphatic carbocycles. The van der Waals surface area contributed by atoms with Crippen LogP contribution in [0.3, 0.4) is 0 Å². The zero-order chi connectivity index (χ0) is 21.3. The van der Waals surface area contributed by atoms with Crippen LogP contribution < -0.4 is 28.0 Å². The van der Waals surface area contributed by atoms with Crippen molar-refractivity contribution in [1.82, 2.24) is 14.8 Å². The van der Waals surface area contributed by atoms with Gasteiger partial charge < -0.3 is 20.6 Å². The predicted octanol–water partition coefficient (Wildman–Crippen LogP) is 0.195. The molecule has 2 aromatic carbocycles. The first-order chi connectivity index (χ1) is 13.8. The van der Waals surface area contributed by atoms with Crippen molar-refractivity contribution >= 4 is 55.2 Å². The molecule has 0 amide bonds. The number of amidine groups is 1. The first-order valence-corrected chi connectivity index (χ1v) is 11.3. The molecule has 0 bridgehead atoms. The van der Waals surface area contributed by atoms with Crippen LogP contribution in [-0.2, 0) is 22.7 Å². The molecule has 29 heavy (non-hydrogen) atoms. The molecule has 0 aliphatic rings. The Balaban J connectivity index is 2.41. The van der Waals surface area contributed by atoms with Crippen LogP contribution >= 0.6 is 11.3 Å². The minimum Gasteiger partial charge on any atom is -0.593 e. The number of aromatic nitrogens is 1. The topological polar surface area (TPSA) is 191 Å². The minimum absolute atomic E-state index is 0.0610. The van der Waals surface area contributed by atoms with Crippen LogP contribution in [0.4, 0.5) is 5.13 Å². The summed E-state index contributed by atoms with van der Waals surface area (Å²) in [6.07, 6.45) is 0. The van der Waals surface area contributed by atoms with E-state index in [1.165, 1.54) is 15.6 Å². The van der Waals surface area contributed by atoms with Crippen molar-refractivity contribution in [2.75, 3.05) is 19.8 Å². The molecular weight excluding hydrogens is 432 g/mol. The van der Waals surface area contributed by atoms with Crippen molar-refractivity contribution in [3.8, 4) is 11.1 Å². The van der Waals surface area contributed by atoms with Gasteiger partial charge in [-0.3, -0.25) is 0 Å². The van der Waals surface area contributed by atoms with Crippen LogP contribution in [-0.4, -0.2) is 38.3 Å². The molecule has 154 valence electrons. The molecular formula is C16H20N8O2S3. The number of hydrogen-bond donors (Lipinski definition) is 5. The summed E-state index contributed by atoms with van der Waals surface area (Å²) in [6.45, 7) is 0. The molecule has 3 rings (SSSR count). The number of hydrogen-bond acceptors (Lipinski definition) is 10. The largest absolute Gasteiger partial charge is 0.593 e. The summed E-state index contributed by atoms with van der Waals surface area (Å²) in [4.78, 5) is 4.76. The van der Waals surface area contributed by atoms with Gasteiger partial charge in [0, 0.05) is 31.3 Å². The monoisotopic (exact) mass is 452 g/mol. The summed E-state index contributed by atoms with van der Waals surface area (Å²) in [5.41, 5.74) is 16.3. The van der Waals surface area contributed by atoms with Crippen molar-refractivity contribution < 1.29 is 9.11 Å². The number of rotatable bonds is 6. The third-order valence-corrected chi connectivity index (χ3v) is 7.19. The molecule has 0 saturated heterocycles. The van der Waals surface area contributed by atoms with E-state index in [0.717, 1.165) is 4.70 Å². The smallest absolute Gasteiger partial charge is 0.241 e. The van der Waals surface area contributed by atoms with E-state index in [9.17, 15) is 9.11 Å². The Morgan fingerprint density at radius 2 is 1.93 bits per heavy atom. The molecule has 0 saturated carbocycles. The highest BCUT2D eigenvalue weighted by molar-refractivity contribution is 7.92. The molecule has 13 heteroatoms. The SMILES string of the molecule is CN(C)[S+]([O-])c1ccc(-c2cccc3sc(N)nc23)c(/C(N)=N/NN)c1[S+](N)[O-]. The minimum atomic E-state index is -2.02. The third-order valence-electron chi connectivity index (χ3n) is 4.01. The Bertz CT molecular complexity index is 1070. The van der Waals surface area contributed by atoms with Gasteiger partial charge in [0.05, 0.1) is 38.5 Å². The van der Waals surface area contributed by atoms with E-state index in [4.69, 9.17) is 22.4 Å². The zero-order valence-electron chi connectivity index (χ0n) is 15.6. The quantitative estimate of drug-likeness (QED) is 0.114. The maximum Gasteiger partial charge on any atom is 0.241 e. The number of para-hydroxylation sites is 1. The number of nitrogens with one attached hydrogen (secondary N) is 1. The molecule has 0 spiro atoms. The fourth-order valence-corrected chi connectivity index (χ4v) is 5.63. The maximum atomic E-state index is 12.8. The lowest BCUT2D eigenvalue weighted by Crippen LogP contribution is -2.30. The summed E-state index contributed by atoms with van der Waals surface area (Å²) in [7, 11) is 3.26. The second-order valence-electron chi connectivity index (χ2n) is 6.00. The van der Waals surface area contributed by atoms with Crippen molar-refractivity contribution in [1.29, 1.82) is 0 Å². The lowest BCUT2D eigenvalue weighted by Gasteiger charge is -2.20. The standard InChI is InChI=1S/C16H20N8O2S3/c1-24(2)29(26)11-7-6-8(12(14(11)28(20)25)15(17)22-23-19)9-4-3-5-10-13(9)21-16(18)27-10/h3-7,23H,19-20H2,1-2H3,(H2,17,22)(H2,18,21). The summed E-state index contributed by atoms with van der Waals surface area (Å²) >= 11 is -2.30. The first-order valence-electron chi connectivity index (χ1n) is 8.13. The Kier molecular flexibility index (Phi) is 6.50. The van der Waals surface area contributed by atoms with Gasteiger partial charge in [-0.05, 0) is 12.1 Å². The number of nitrogens with zero attached hydrogens (tertiary/aromatic N) is 3. The molecule has 0 aliphatic heterocycles. The fraction of sp³-hybridized carbons (Fsp3) is 0.125. The molecule has 0 fully saturated rings. The second kappa shape index (κ2) is 8.73. The van der Waals surface area contributed by atoms with E-state index >= 15 is 0 Å². The van der Waals surface area contributed by atoms with Gasteiger partial charge in [0.25, 0.3) is 0 Å². The number of nitrogen functional groups attached to an aromatic ring is 1. The summed E-state index contributed by atoms with van der Waals surface area (Å²) in [6, 6.07) is 8.88. The third kappa shape index (κ3) is 4.12. The highest BCUT2D eigenvalue weighted by Crippen LogP contribution is 2.38. The number of thiazole rings is 1. The average molecular weight is 453 g/mol. The van der Waals surface area contributed by atoms with Gasteiger partial charge in [0.2, 0.25) is 9.79 Å². The molecule has 1 heterocycles. The van der Waals surface area contributed by atoms with Crippen LogP contribution in [0.1, 0.15) is 5.56 Å². The number of hydrazine groups is 1. The zero-order valence-corrected chi connectivity index (χ0v) is 18.0. The molecule has 3 aromatic rings. The maximum absolute atomic E-state index is 12.8. The molecule has 0 radical (unpaired) electrons. The number of hydrazone groups is 1. The molecule has 2 atom stereocenters. The predicted molar refractivity (Wildman–Crippen MR) is 118 cm³/mol. The van der Waals surface area contributed by atoms with Gasteiger partial charge in [-0.15, -0.1) is 14.5 Å². The van der Waals surface area contributed by atoms with E-state index in [2.05, 4.69) is 15.6 Å². The van der Waals surface area contributed by atoms with Gasteiger partial charge in [0.15, 0.2) is 11.0 Å². The molecule has 10 nitrogen and oxygen atoms in total. The number of benzene rings is 2. The molecule has 2 unspecified atom stereocenters. The normalized spacial score (nSPS) is 14.4. The number of nitrogens with two attached hydrogens (primary N) is 4. The fourth-order valence-electron chi connectivity index (χ4n) is 2.88. The van der Waals surface area contributed by atoms with Crippen molar-refractivity contribution in [3.05, 3.63) is 35.9 Å². The van der Waals surface area contributed by atoms with Gasteiger partial charge in [-0.25, -0.2) is 16.4 Å². The Morgan fingerprint density at radius 3 is 2.55 bits per heavy atom. The van der Waals surface area contributed by atoms with Crippen LogP contribution in [0.2, 0.25) is 0 Å². The van der Waals surface area contributed by atoms with Gasteiger partial charge in [-0.2, -0.15) is 0 Å². The molecule has 9 N–H and O–H groups in total. The molecule has 1 aromatic heterocycles. The second-order valence-corrected chi connectivity index (χ2v) is 9.74. The van der Waals surface area contributed by atoms with E-state index < -0.39 is 22.7 Å². The first kappa shape index (κ1) is 21.6. The van der Waals surface area contributed by atoms with E-state index in [1.54, 1.807) is 26.2 Å². The van der Waals surface area contributed by atoms with Crippen LogP contribution in [0.15, 0.2) is 45.2 Å². The van der Waals surface area contributed by atoms with E-state index in [0.29, 0.717) is 21.8 Å². The van der Waals surface area contributed by atoms with Crippen molar-refractivity contribution in [3.63, 3.8) is 0 Å². The Hall–Kier alpha value is -2.10. The average Bonchev–Trinajstić information content (AvgIpc) is 3.06. The van der Waals surface area contributed by atoms with Gasteiger partial charge in [0.1, 0.15) is 0 Å². The lowest BCUT2D eigenvalue weighted by atomic mass is 9.98. The van der Waals surface area contributed by atoms with Gasteiger partial charge >= 0.3 is 0 Å². The summed E-state index contributed by atoms with van der Waals surface area (Å²) in [5.74, 6) is 5.24. The number of anilines is 1. The summed E-state index contributed by atoms with van der Waals surface area (Å²) < 4.78 is 27.6. The number of fused-ring (bicyclic) bond motifs is 1. The lowest BCUT2D eigenvalue weighted by molar-refractivity contribution is 0.516. The van der Waals surface area contributed by atoms with Crippen LogP contribution in [0, 0.1) is 0 Å². The van der Waals surface area contributed by atoms with Crippen LogP contribution in [0.25, 0.3) is 21.3 Å². The van der Waals surface area contributed by atoms with Crippen LogP contribution in [0.5, 0.6) is 0 Å². The summed E-state index contributed by atoms with van der Waals surface area (Å²) in [5, 5.41) is 10.0. The van der Waals surface area contributed by atoms with Crippen molar-refractivity contribution in [2.45, 2.75) is 9.79 Å². The van der Waals surface area contributed by atoms with E-state index in [1.807, 2.05) is 18.2 Å². The van der Waals surface area contributed by atoms with Crippen molar-refractivity contribution in [2.24, 2.45) is 21.8 Å². The highest BCUT2D eigenvalue weighted by atomic mass is 32.2.